The Hall–Kier alpha value is -2.43. The Balaban J connectivity index is 2.10. The average molecular weight is 470 g/mol. The molecule has 0 bridgehead atoms. The molecule has 0 aliphatic carbocycles. The number of carbonyl (C=O) groups is 1. The Bertz CT molecular complexity index is 979. The molecule has 2 rings (SSSR count). The van der Waals surface area contributed by atoms with Gasteiger partial charge in [-0.25, -0.2) is 13.8 Å². The number of sulfonamides is 1. The van der Waals surface area contributed by atoms with Crippen LogP contribution in [0.2, 0.25) is 0 Å². The summed E-state index contributed by atoms with van der Waals surface area (Å²) in [5.74, 6) is -0.0773. The molecule has 28 heavy (non-hydrogen) atoms. The third-order valence-electron chi connectivity index (χ3n) is 3.72. The van der Waals surface area contributed by atoms with E-state index in [0.29, 0.717) is 5.75 Å². The molecule has 0 saturated carbocycles. The van der Waals surface area contributed by atoms with Crippen LogP contribution in [0, 0.1) is 0 Å². The van der Waals surface area contributed by atoms with Crippen molar-refractivity contribution in [3.8, 4) is 11.5 Å². The van der Waals surface area contributed by atoms with Crippen molar-refractivity contribution in [2.45, 2.75) is 4.90 Å². The summed E-state index contributed by atoms with van der Waals surface area (Å²) >= 11 is 3.37. The number of likely N-dealkylation sites (N-methyl/N-ethyl adjacent to an activating group) is 1. The Morgan fingerprint density at radius 1 is 1.21 bits per heavy atom. The van der Waals surface area contributed by atoms with Crippen molar-refractivity contribution in [2.24, 2.45) is 5.10 Å². The number of methoxy groups -OCH3 is 2. The van der Waals surface area contributed by atoms with E-state index >= 15 is 0 Å². The average Bonchev–Trinajstić information content (AvgIpc) is 2.68. The molecule has 0 unspecified atom stereocenters. The van der Waals surface area contributed by atoms with Crippen molar-refractivity contribution in [1.29, 1.82) is 0 Å². The largest absolute Gasteiger partial charge is 0.497 e. The van der Waals surface area contributed by atoms with Crippen LogP contribution in [0.4, 0.5) is 0 Å². The highest BCUT2D eigenvalue weighted by atomic mass is 79.9. The molecular formula is C18H20BrN3O5S. The first-order valence-electron chi connectivity index (χ1n) is 8.04. The first kappa shape index (κ1) is 21.9. The summed E-state index contributed by atoms with van der Waals surface area (Å²) in [7, 11) is 0.106. The van der Waals surface area contributed by atoms with Gasteiger partial charge in [-0.3, -0.25) is 4.79 Å². The Labute approximate surface area is 172 Å². The van der Waals surface area contributed by atoms with Crippen LogP contribution in [0.5, 0.6) is 11.5 Å². The van der Waals surface area contributed by atoms with Crippen molar-refractivity contribution in [3.05, 3.63) is 52.5 Å². The molecule has 0 aliphatic heterocycles. The molecule has 10 heteroatoms. The van der Waals surface area contributed by atoms with Gasteiger partial charge >= 0.3 is 0 Å². The monoisotopic (exact) mass is 469 g/mol. The topological polar surface area (TPSA) is 97.3 Å². The number of hydrogen-bond acceptors (Lipinski definition) is 6. The Morgan fingerprint density at radius 3 is 2.57 bits per heavy atom. The van der Waals surface area contributed by atoms with Gasteiger partial charge in [-0.05, 0) is 18.2 Å². The summed E-state index contributed by atoms with van der Waals surface area (Å²) in [5.41, 5.74) is 3.08. The second kappa shape index (κ2) is 9.67. The number of benzene rings is 2. The van der Waals surface area contributed by atoms with E-state index < -0.39 is 22.5 Å². The van der Waals surface area contributed by atoms with Gasteiger partial charge in [0.25, 0.3) is 5.91 Å². The van der Waals surface area contributed by atoms with Crippen molar-refractivity contribution in [1.82, 2.24) is 9.73 Å². The van der Waals surface area contributed by atoms with Gasteiger partial charge in [0.2, 0.25) is 10.0 Å². The zero-order valence-corrected chi connectivity index (χ0v) is 18.0. The first-order valence-corrected chi connectivity index (χ1v) is 10.3. The molecule has 1 amide bonds. The molecule has 8 nitrogen and oxygen atoms in total. The fraction of sp³-hybridized carbons (Fsp3) is 0.222. The fourth-order valence-electron chi connectivity index (χ4n) is 2.23. The second-order valence-electron chi connectivity index (χ2n) is 5.59. The zero-order chi connectivity index (χ0) is 20.7. The van der Waals surface area contributed by atoms with Gasteiger partial charge in [-0.1, -0.05) is 34.1 Å². The predicted molar refractivity (Wildman–Crippen MR) is 109 cm³/mol. The Morgan fingerprint density at radius 2 is 1.93 bits per heavy atom. The molecule has 2 aromatic carbocycles. The van der Waals surface area contributed by atoms with Crippen molar-refractivity contribution < 1.29 is 22.7 Å². The lowest BCUT2D eigenvalue weighted by Gasteiger charge is -2.18. The smallest absolute Gasteiger partial charge is 0.255 e. The number of amides is 1. The number of nitrogens with zero attached hydrogens (tertiary/aromatic N) is 2. The highest BCUT2D eigenvalue weighted by Crippen LogP contribution is 2.30. The highest BCUT2D eigenvalue weighted by molar-refractivity contribution is 9.10. The molecule has 150 valence electrons. The summed E-state index contributed by atoms with van der Waals surface area (Å²) in [6, 6.07) is 11.7. The maximum absolute atomic E-state index is 12.8. The van der Waals surface area contributed by atoms with Crippen molar-refractivity contribution in [3.63, 3.8) is 0 Å². The van der Waals surface area contributed by atoms with E-state index in [1.165, 1.54) is 39.6 Å². The van der Waals surface area contributed by atoms with E-state index in [1.807, 2.05) is 24.3 Å². The summed E-state index contributed by atoms with van der Waals surface area (Å²) in [4.78, 5) is 12.0. The van der Waals surface area contributed by atoms with E-state index in [0.717, 1.165) is 14.3 Å². The van der Waals surface area contributed by atoms with Crippen LogP contribution >= 0.6 is 15.9 Å². The van der Waals surface area contributed by atoms with Gasteiger partial charge in [0.05, 0.1) is 27.0 Å². The van der Waals surface area contributed by atoms with Crippen molar-refractivity contribution >= 4 is 38.1 Å². The number of carbonyl (C=O) groups excluding carboxylic acids is 1. The number of halogens is 1. The molecule has 0 radical (unpaired) electrons. The van der Waals surface area contributed by atoms with E-state index in [-0.39, 0.29) is 10.6 Å². The first-order chi connectivity index (χ1) is 13.3. The van der Waals surface area contributed by atoms with E-state index in [1.54, 1.807) is 6.07 Å². The lowest BCUT2D eigenvalue weighted by Crippen LogP contribution is -2.36. The van der Waals surface area contributed by atoms with Gasteiger partial charge in [-0.2, -0.15) is 9.41 Å². The highest BCUT2D eigenvalue weighted by Gasteiger charge is 2.27. The summed E-state index contributed by atoms with van der Waals surface area (Å²) in [5, 5.41) is 3.85. The Kier molecular flexibility index (Phi) is 7.55. The zero-order valence-electron chi connectivity index (χ0n) is 15.5. The molecule has 0 aliphatic rings. The molecule has 2 aromatic rings. The van der Waals surface area contributed by atoms with E-state index in [9.17, 15) is 13.2 Å². The lowest BCUT2D eigenvalue weighted by molar-refractivity contribution is -0.121. The molecule has 0 spiro atoms. The quantitative estimate of drug-likeness (QED) is 0.472. The number of hydrogen-bond donors (Lipinski definition) is 1. The van der Waals surface area contributed by atoms with Crippen LogP contribution in [0.15, 0.2) is 56.9 Å². The second-order valence-corrected chi connectivity index (χ2v) is 8.46. The summed E-state index contributed by atoms with van der Waals surface area (Å²) < 4.78 is 37.6. The van der Waals surface area contributed by atoms with Crippen LogP contribution in [0.1, 0.15) is 5.56 Å². The third kappa shape index (κ3) is 5.31. The normalized spacial score (nSPS) is 11.6. The van der Waals surface area contributed by atoms with Gasteiger partial charge in [0, 0.05) is 23.2 Å². The number of hydrazone groups is 1. The van der Waals surface area contributed by atoms with E-state index in [2.05, 4.69) is 26.5 Å². The van der Waals surface area contributed by atoms with Gasteiger partial charge in [-0.15, -0.1) is 0 Å². The van der Waals surface area contributed by atoms with Crippen LogP contribution in [0.25, 0.3) is 0 Å². The predicted octanol–water partition coefficient (Wildman–Crippen LogP) is 2.24. The van der Waals surface area contributed by atoms with Crippen LogP contribution in [-0.2, 0) is 14.8 Å². The van der Waals surface area contributed by atoms with E-state index in [4.69, 9.17) is 9.47 Å². The summed E-state index contributed by atoms with van der Waals surface area (Å²) in [6.45, 7) is -0.421. The third-order valence-corrected chi connectivity index (χ3v) is 6.27. The molecule has 0 heterocycles. The lowest BCUT2D eigenvalue weighted by atomic mass is 10.2. The van der Waals surface area contributed by atoms with Gasteiger partial charge < -0.3 is 9.47 Å². The minimum Gasteiger partial charge on any atom is -0.497 e. The minimum atomic E-state index is -3.99. The molecule has 0 saturated heterocycles. The molecule has 0 atom stereocenters. The SMILES string of the molecule is COc1ccc(OC)c(S(=O)(=O)N(C)CC(=O)N/N=C/c2ccccc2Br)c1. The number of nitrogens with one attached hydrogen (secondary N) is 1. The van der Waals surface area contributed by atoms with Crippen LogP contribution in [0.3, 0.4) is 0 Å². The number of ether oxygens (including phenoxy) is 2. The van der Waals surface area contributed by atoms with Gasteiger partial charge in [0.1, 0.15) is 16.4 Å². The standard InChI is InChI=1S/C18H20BrN3O5S/c1-22(12-18(23)21-20-11-13-6-4-5-7-15(13)19)28(24,25)17-10-14(26-2)8-9-16(17)27-3/h4-11H,12H2,1-3H3,(H,21,23)/b20-11+. The van der Waals surface area contributed by atoms with Gasteiger partial charge in [0.15, 0.2) is 0 Å². The van der Waals surface area contributed by atoms with Crippen molar-refractivity contribution in [2.75, 3.05) is 27.8 Å². The number of rotatable bonds is 8. The molecule has 1 N–H and O–H groups in total. The maximum Gasteiger partial charge on any atom is 0.255 e. The fourth-order valence-corrected chi connectivity index (χ4v) is 3.91. The molecule has 0 aromatic heterocycles. The van der Waals surface area contributed by atoms with Crippen LogP contribution < -0.4 is 14.9 Å². The minimum absolute atomic E-state index is 0.0960. The summed E-state index contributed by atoms with van der Waals surface area (Å²) in [6.07, 6.45) is 1.46. The van der Waals surface area contributed by atoms with Crippen LogP contribution in [-0.4, -0.2) is 52.7 Å². The molecular weight excluding hydrogens is 450 g/mol. The maximum atomic E-state index is 12.8. The molecule has 0 fully saturated rings.